The predicted octanol–water partition coefficient (Wildman–Crippen LogP) is 4.04. The number of likely N-dealkylation sites (tertiary alicyclic amines) is 1. The number of rotatable bonds is 5. The maximum absolute atomic E-state index is 12.2. The number of hydrogen-bond acceptors (Lipinski definition) is 4. The second kappa shape index (κ2) is 8.52. The van der Waals surface area contributed by atoms with Crippen LogP contribution in [0, 0.1) is 0 Å². The monoisotopic (exact) mass is 353 g/mol. The zero-order valence-corrected chi connectivity index (χ0v) is 14.9. The average molecular weight is 353 g/mol. The molecule has 26 heavy (non-hydrogen) atoms. The Balaban J connectivity index is 1.52. The van der Waals surface area contributed by atoms with Crippen LogP contribution in [-0.2, 0) is 9.53 Å². The van der Waals surface area contributed by atoms with Crippen LogP contribution in [0.1, 0.15) is 36.5 Å². The normalized spacial score (nSPS) is 16.8. The fraction of sp³-hybridized carbons (Fsp3) is 0.333. The van der Waals surface area contributed by atoms with Crippen LogP contribution in [0.4, 0.5) is 0 Å². The molecule has 0 bridgehead atoms. The van der Waals surface area contributed by atoms with Gasteiger partial charge >= 0.3 is 5.97 Å². The van der Waals surface area contributed by atoms with Crippen molar-refractivity contribution in [1.29, 1.82) is 0 Å². The van der Waals surface area contributed by atoms with Gasteiger partial charge in [-0.2, -0.15) is 0 Å². The minimum absolute atomic E-state index is 0.130. The summed E-state index contributed by atoms with van der Waals surface area (Å²) in [6, 6.07) is 16.3. The van der Waals surface area contributed by atoms with Gasteiger partial charge in [-0.15, -0.1) is 0 Å². The second-order valence-electron chi connectivity index (χ2n) is 6.45. The molecule has 1 aliphatic heterocycles. The number of carbonyl (C=O) groups excluding carboxylic acids is 2. The molecule has 1 fully saturated rings. The fourth-order valence-corrected chi connectivity index (χ4v) is 3.05. The highest BCUT2D eigenvalue weighted by molar-refractivity contribution is 5.91. The Labute approximate surface area is 153 Å². The van der Waals surface area contributed by atoms with E-state index >= 15 is 0 Å². The Hall–Kier alpha value is -2.82. The first-order chi connectivity index (χ1) is 12.6. The van der Waals surface area contributed by atoms with Crippen LogP contribution in [0.5, 0.6) is 11.5 Å². The molecule has 0 saturated carbocycles. The molecule has 0 aliphatic carbocycles. The van der Waals surface area contributed by atoms with E-state index in [1.165, 1.54) is 0 Å². The number of para-hydroxylation sites is 1. The Morgan fingerprint density at radius 1 is 1.00 bits per heavy atom. The average Bonchev–Trinajstić information content (AvgIpc) is 2.67. The number of hydrogen-bond donors (Lipinski definition) is 0. The standard InChI is InChI=1S/C21H23NO4/c1-16-7-5-6-14-22(16)20(23)15-25-21(24)17-10-12-19(13-11-17)26-18-8-3-2-4-9-18/h2-4,8-13,16H,5-7,14-15H2,1H3. The third-order valence-corrected chi connectivity index (χ3v) is 4.52. The number of piperidine rings is 1. The van der Waals surface area contributed by atoms with Crippen LogP contribution in [0.3, 0.4) is 0 Å². The molecule has 0 N–H and O–H groups in total. The third-order valence-electron chi connectivity index (χ3n) is 4.52. The van der Waals surface area contributed by atoms with Gasteiger partial charge < -0.3 is 14.4 Å². The van der Waals surface area contributed by atoms with Gasteiger partial charge in [0.1, 0.15) is 11.5 Å². The highest BCUT2D eigenvalue weighted by atomic mass is 16.5. The molecular weight excluding hydrogens is 330 g/mol. The third kappa shape index (κ3) is 4.63. The van der Waals surface area contributed by atoms with Crippen molar-refractivity contribution in [2.45, 2.75) is 32.2 Å². The number of esters is 1. The van der Waals surface area contributed by atoms with Gasteiger partial charge in [0, 0.05) is 12.6 Å². The molecular formula is C21H23NO4. The van der Waals surface area contributed by atoms with Crippen molar-refractivity contribution in [2.24, 2.45) is 0 Å². The van der Waals surface area contributed by atoms with Crippen LogP contribution in [0.15, 0.2) is 54.6 Å². The van der Waals surface area contributed by atoms with E-state index in [-0.39, 0.29) is 18.6 Å². The number of carbonyl (C=O) groups is 2. The molecule has 0 aromatic heterocycles. The SMILES string of the molecule is CC1CCCCN1C(=O)COC(=O)c1ccc(Oc2ccccc2)cc1. The molecule has 1 amide bonds. The lowest BCUT2D eigenvalue weighted by atomic mass is 10.0. The summed E-state index contributed by atoms with van der Waals surface area (Å²) in [7, 11) is 0. The van der Waals surface area contributed by atoms with Gasteiger partial charge in [-0.1, -0.05) is 18.2 Å². The second-order valence-corrected chi connectivity index (χ2v) is 6.45. The maximum atomic E-state index is 12.2. The molecule has 1 atom stereocenters. The Kier molecular flexibility index (Phi) is 5.89. The first-order valence-corrected chi connectivity index (χ1v) is 8.93. The van der Waals surface area contributed by atoms with E-state index in [0.717, 1.165) is 31.6 Å². The fourth-order valence-electron chi connectivity index (χ4n) is 3.05. The Morgan fingerprint density at radius 2 is 1.69 bits per heavy atom. The van der Waals surface area contributed by atoms with E-state index in [0.29, 0.717) is 11.3 Å². The Morgan fingerprint density at radius 3 is 2.38 bits per heavy atom. The molecule has 5 heteroatoms. The lowest BCUT2D eigenvalue weighted by Crippen LogP contribution is -2.44. The smallest absolute Gasteiger partial charge is 0.338 e. The van der Waals surface area contributed by atoms with Crippen LogP contribution >= 0.6 is 0 Å². The van der Waals surface area contributed by atoms with Gasteiger partial charge in [-0.3, -0.25) is 4.79 Å². The van der Waals surface area contributed by atoms with E-state index in [1.807, 2.05) is 37.3 Å². The summed E-state index contributed by atoms with van der Waals surface area (Å²) in [5, 5.41) is 0. The molecule has 1 aliphatic rings. The van der Waals surface area contributed by atoms with Gasteiger partial charge in [0.15, 0.2) is 6.61 Å². The van der Waals surface area contributed by atoms with Crippen molar-refractivity contribution in [2.75, 3.05) is 13.2 Å². The molecule has 0 spiro atoms. The van der Waals surface area contributed by atoms with Crippen molar-refractivity contribution in [3.63, 3.8) is 0 Å². The van der Waals surface area contributed by atoms with Crippen molar-refractivity contribution in [1.82, 2.24) is 4.90 Å². The van der Waals surface area contributed by atoms with Crippen LogP contribution in [0.25, 0.3) is 0 Å². The minimum Gasteiger partial charge on any atom is -0.457 e. The van der Waals surface area contributed by atoms with Gasteiger partial charge in [0.25, 0.3) is 5.91 Å². The number of benzene rings is 2. The van der Waals surface area contributed by atoms with E-state index < -0.39 is 5.97 Å². The van der Waals surface area contributed by atoms with E-state index in [2.05, 4.69) is 0 Å². The van der Waals surface area contributed by atoms with E-state index in [9.17, 15) is 9.59 Å². The van der Waals surface area contributed by atoms with Gasteiger partial charge in [0.2, 0.25) is 0 Å². The summed E-state index contributed by atoms with van der Waals surface area (Å²) in [6.07, 6.45) is 3.15. The van der Waals surface area contributed by atoms with Crippen LogP contribution < -0.4 is 4.74 Å². The number of amides is 1. The number of ether oxygens (including phenoxy) is 2. The van der Waals surface area contributed by atoms with Gasteiger partial charge in [-0.25, -0.2) is 4.79 Å². The summed E-state index contributed by atoms with van der Waals surface area (Å²) in [5.41, 5.74) is 0.393. The van der Waals surface area contributed by atoms with Crippen molar-refractivity contribution in [3.05, 3.63) is 60.2 Å². The molecule has 1 saturated heterocycles. The quantitative estimate of drug-likeness (QED) is 0.762. The first-order valence-electron chi connectivity index (χ1n) is 8.93. The number of nitrogens with zero attached hydrogens (tertiary/aromatic N) is 1. The summed E-state index contributed by atoms with van der Waals surface area (Å²) in [4.78, 5) is 26.2. The molecule has 2 aromatic carbocycles. The van der Waals surface area contributed by atoms with Crippen molar-refractivity contribution >= 4 is 11.9 Å². The Bertz CT molecular complexity index is 742. The predicted molar refractivity (Wildman–Crippen MR) is 98.3 cm³/mol. The molecule has 1 heterocycles. The zero-order valence-electron chi connectivity index (χ0n) is 14.9. The first kappa shape index (κ1) is 18.0. The summed E-state index contributed by atoms with van der Waals surface area (Å²) >= 11 is 0. The maximum Gasteiger partial charge on any atom is 0.338 e. The molecule has 3 rings (SSSR count). The van der Waals surface area contributed by atoms with E-state index in [4.69, 9.17) is 9.47 Å². The molecule has 5 nitrogen and oxygen atoms in total. The molecule has 1 unspecified atom stereocenters. The van der Waals surface area contributed by atoms with Gasteiger partial charge in [0.05, 0.1) is 5.56 Å². The lowest BCUT2D eigenvalue weighted by molar-refractivity contribution is -0.137. The summed E-state index contributed by atoms with van der Waals surface area (Å²) < 4.78 is 10.9. The van der Waals surface area contributed by atoms with E-state index in [1.54, 1.807) is 29.2 Å². The van der Waals surface area contributed by atoms with Crippen molar-refractivity contribution < 1.29 is 19.1 Å². The molecule has 136 valence electrons. The topological polar surface area (TPSA) is 55.8 Å². The van der Waals surface area contributed by atoms with Crippen LogP contribution in [-0.4, -0.2) is 36.0 Å². The van der Waals surface area contributed by atoms with Gasteiger partial charge in [-0.05, 0) is 62.6 Å². The zero-order chi connectivity index (χ0) is 18.4. The molecule has 0 radical (unpaired) electrons. The summed E-state index contributed by atoms with van der Waals surface area (Å²) in [5.74, 6) is 0.721. The van der Waals surface area contributed by atoms with Crippen LogP contribution in [0.2, 0.25) is 0 Å². The molecule has 2 aromatic rings. The highest BCUT2D eigenvalue weighted by Crippen LogP contribution is 2.21. The highest BCUT2D eigenvalue weighted by Gasteiger charge is 2.24. The summed E-state index contributed by atoms with van der Waals surface area (Å²) in [6.45, 7) is 2.55. The minimum atomic E-state index is -0.505. The lowest BCUT2D eigenvalue weighted by Gasteiger charge is -2.33. The largest absolute Gasteiger partial charge is 0.457 e. The van der Waals surface area contributed by atoms with Crippen molar-refractivity contribution in [3.8, 4) is 11.5 Å².